The van der Waals surface area contributed by atoms with Crippen LogP contribution in [0, 0.1) is 5.92 Å². The Morgan fingerprint density at radius 2 is 1.96 bits per heavy atom. The lowest BCUT2D eigenvalue weighted by molar-refractivity contribution is 0.244. The SMILES string of the molecule is CC(C)N(c1ccc(=O)[nH]c1)c1ccc2c(c1)CN(CC1CC1)CC2. The third kappa shape index (κ3) is 3.64. The number of hydrogen-bond acceptors (Lipinski definition) is 3. The third-order valence-corrected chi connectivity index (χ3v) is 5.34. The minimum atomic E-state index is -0.0615. The molecular formula is C21H27N3O. The van der Waals surface area contributed by atoms with E-state index in [0.717, 1.165) is 24.6 Å². The van der Waals surface area contributed by atoms with Crippen molar-refractivity contribution in [3.05, 3.63) is 58.0 Å². The lowest BCUT2D eigenvalue weighted by atomic mass is 9.98. The molecule has 132 valence electrons. The Balaban J connectivity index is 1.62. The van der Waals surface area contributed by atoms with Gasteiger partial charge in [-0.3, -0.25) is 9.69 Å². The average molecular weight is 337 g/mol. The number of nitrogens with zero attached hydrogens (tertiary/aromatic N) is 2. The van der Waals surface area contributed by atoms with E-state index in [-0.39, 0.29) is 5.56 Å². The molecule has 1 aromatic heterocycles. The van der Waals surface area contributed by atoms with Gasteiger partial charge in [-0.1, -0.05) is 6.07 Å². The second kappa shape index (κ2) is 6.68. The Labute approximate surface area is 149 Å². The fourth-order valence-corrected chi connectivity index (χ4v) is 3.87. The van der Waals surface area contributed by atoms with Gasteiger partial charge in [-0.25, -0.2) is 0 Å². The highest BCUT2D eigenvalue weighted by molar-refractivity contribution is 5.64. The van der Waals surface area contributed by atoms with Crippen LogP contribution in [0.4, 0.5) is 11.4 Å². The van der Waals surface area contributed by atoms with Crippen LogP contribution in [0.5, 0.6) is 0 Å². The number of hydrogen-bond donors (Lipinski definition) is 1. The minimum absolute atomic E-state index is 0.0615. The summed E-state index contributed by atoms with van der Waals surface area (Å²) in [5.41, 5.74) is 5.11. The number of anilines is 2. The summed E-state index contributed by atoms with van der Waals surface area (Å²) in [7, 11) is 0. The van der Waals surface area contributed by atoms with Crippen LogP contribution in [0.3, 0.4) is 0 Å². The van der Waals surface area contributed by atoms with Gasteiger partial charge in [-0.05, 0) is 68.4 Å². The summed E-state index contributed by atoms with van der Waals surface area (Å²) < 4.78 is 0. The van der Waals surface area contributed by atoms with Crippen LogP contribution in [0.1, 0.15) is 37.8 Å². The van der Waals surface area contributed by atoms with Crippen LogP contribution >= 0.6 is 0 Å². The van der Waals surface area contributed by atoms with Crippen molar-refractivity contribution in [2.45, 2.75) is 45.7 Å². The van der Waals surface area contributed by atoms with Gasteiger partial charge in [0.1, 0.15) is 0 Å². The standard InChI is InChI=1S/C21H27N3O/c1-15(2)24(20-7-8-21(25)22-12-20)19-6-5-17-9-10-23(13-16-3-4-16)14-18(17)11-19/h5-8,11-12,15-16H,3-4,9-10,13-14H2,1-2H3,(H,22,25). The third-order valence-electron chi connectivity index (χ3n) is 5.34. The maximum atomic E-state index is 11.4. The molecule has 4 rings (SSSR count). The molecule has 4 heteroatoms. The van der Waals surface area contributed by atoms with Crippen LogP contribution in [0.2, 0.25) is 0 Å². The molecule has 0 saturated heterocycles. The number of aromatic nitrogens is 1. The monoisotopic (exact) mass is 337 g/mol. The van der Waals surface area contributed by atoms with Gasteiger partial charge in [0.25, 0.3) is 0 Å². The van der Waals surface area contributed by atoms with E-state index in [0.29, 0.717) is 6.04 Å². The van der Waals surface area contributed by atoms with E-state index < -0.39 is 0 Å². The fourth-order valence-electron chi connectivity index (χ4n) is 3.87. The Morgan fingerprint density at radius 1 is 1.16 bits per heavy atom. The first kappa shape index (κ1) is 16.4. The Morgan fingerprint density at radius 3 is 2.64 bits per heavy atom. The van der Waals surface area contributed by atoms with Crippen molar-refractivity contribution in [2.75, 3.05) is 18.0 Å². The largest absolute Gasteiger partial charge is 0.338 e. The number of benzene rings is 1. The van der Waals surface area contributed by atoms with Gasteiger partial charge < -0.3 is 9.88 Å². The molecule has 2 aliphatic rings. The van der Waals surface area contributed by atoms with Crippen LogP contribution in [0.15, 0.2) is 41.3 Å². The van der Waals surface area contributed by atoms with E-state index in [4.69, 9.17) is 0 Å². The van der Waals surface area contributed by atoms with Gasteiger partial charge in [0.2, 0.25) is 5.56 Å². The van der Waals surface area contributed by atoms with E-state index in [2.05, 4.69) is 46.8 Å². The van der Waals surface area contributed by atoms with Crippen molar-refractivity contribution in [1.29, 1.82) is 0 Å². The highest BCUT2D eigenvalue weighted by atomic mass is 16.1. The number of aromatic amines is 1. The second-order valence-electron chi connectivity index (χ2n) is 7.76. The van der Waals surface area contributed by atoms with Crippen molar-refractivity contribution >= 4 is 11.4 Å². The highest BCUT2D eigenvalue weighted by Gasteiger charge is 2.26. The average Bonchev–Trinajstić information content (AvgIpc) is 3.40. The molecule has 4 nitrogen and oxygen atoms in total. The molecule has 1 saturated carbocycles. The summed E-state index contributed by atoms with van der Waals surface area (Å²) in [6.07, 6.45) is 5.79. The summed E-state index contributed by atoms with van der Waals surface area (Å²) in [6.45, 7) is 7.89. The topological polar surface area (TPSA) is 39.3 Å². The molecule has 0 spiro atoms. The minimum Gasteiger partial charge on any atom is -0.338 e. The smallest absolute Gasteiger partial charge is 0.248 e. The molecule has 0 radical (unpaired) electrons. The normalized spacial score (nSPS) is 17.6. The van der Waals surface area contributed by atoms with Gasteiger partial charge in [-0.2, -0.15) is 0 Å². The quantitative estimate of drug-likeness (QED) is 0.904. The predicted molar refractivity (Wildman–Crippen MR) is 102 cm³/mol. The zero-order valence-corrected chi connectivity index (χ0v) is 15.2. The molecule has 1 aliphatic heterocycles. The van der Waals surface area contributed by atoms with E-state index in [9.17, 15) is 4.79 Å². The van der Waals surface area contributed by atoms with Crippen molar-refractivity contribution < 1.29 is 0 Å². The lowest BCUT2D eigenvalue weighted by Gasteiger charge is -2.32. The maximum Gasteiger partial charge on any atom is 0.248 e. The zero-order chi connectivity index (χ0) is 17.4. The zero-order valence-electron chi connectivity index (χ0n) is 15.2. The van der Waals surface area contributed by atoms with Gasteiger partial charge in [-0.15, -0.1) is 0 Å². The first-order chi connectivity index (χ1) is 12.1. The molecule has 1 N–H and O–H groups in total. The van der Waals surface area contributed by atoms with E-state index in [1.807, 2.05) is 6.07 Å². The number of fused-ring (bicyclic) bond motifs is 1. The Hall–Kier alpha value is -2.07. The molecule has 0 bridgehead atoms. The summed E-state index contributed by atoms with van der Waals surface area (Å²) in [4.78, 5) is 19.1. The molecule has 1 fully saturated rings. The van der Waals surface area contributed by atoms with Crippen LogP contribution in [-0.2, 0) is 13.0 Å². The van der Waals surface area contributed by atoms with Gasteiger partial charge in [0.15, 0.2) is 0 Å². The van der Waals surface area contributed by atoms with Crippen LogP contribution < -0.4 is 10.5 Å². The Bertz CT molecular complexity index is 787. The van der Waals surface area contributed by atoms with E-state index in [1.165, 1.54) is 42.7 Å². The number of rotatable bonds is 5. The molecule has 2 heterocycles. The second-order valence-corrected chi connectivity index (χ2v) is 7.76. The first-order valence-electron chi connectivity index (χ1n) is 9.42. The molecule has 25 heavy (non-hydrogen) atoms. The lowest BCUT2D eigenvalue weighted by Crippen LogP contribution is -2.32. The summed E-state index contributed by atoms with van der Waals surface area (Å²) in [5, 5.41) is 0. The highest BCUT2D eigenvalue weighted by Crippen LogP contribution is 2.33. The molecule has 0 unspecified atom stereocenters. The number of pyridine rings is 1. The van der Waals surface area contributed by atoms with Crippen molar-refractivity contribution in [2.24, 2.45) is 5.92 Å². The van der Waals surface area contributed by atoms with Gasteiger partial charge >= 0.3 is 0 Å². The Kier molecular flexibility index (Phi) is 4.38. The molecule has 0 atom stereocenters. The molecule has 0 amide bonds. The summed E-state index contributed by atoms with van der Waals surface area (Å²) in [6, 6.07) is 10.7. The fraction of sp³-hybridized carbons (Fsp3) is 0.476. The van der Waals surface area contributed by atoms with Crippen LogP contribution in [0.25, 0.3) is 0 Å². The molecule has 1 aromatic carbocycles. The van der Waals surface area contributed by atoms with E-state index >= 15 is 0 Å². The van der Waals surface area contributed by atoms with Gasteiger partial charge in [0, 0.05) is 43.6 Å². The maximum absolute atomic E-state index is 11.4. The van der Waals surface area contributed by atoms with Crippen molar-refractivity contribution in [3.63, 3.8) is 0 Å². The molecule has 2 aromatic rings. The van der Waals surface area contributed by atoms with E-state index in [1.54, 1.807) is 12.3 Å². The number of H-pyrrole nitrogens is 1. The van der Waals surface area contributed by atoms with Crippen molar-refractivity contribution in [3.8, 4) is 0 Å². The van der Waals surface area contributed by atoms with Crippen molar-refractivity contribution in [1.82, 2.24) is 9.88 Å². The predicted octanol–water partition coefficient (Wildman–Crippen LogP) is 3.69. The van der Waals surface area contributed by atoms with Crippen LogP contribution in [-0.4, -0.2) is 29.0 Å². The first-order valence-corrected chi connectivity index (χ1v) is 9.42. The summed E-state index contributed by atoms with van der Waals surface area (Å²) in [5.74, 6) is 0.943. The summed E-state index contributed by atoms with van der Waals surface area (Å²) >= 11 is 0. The number of nitrogens with one attached hydrogen (secondary N) is 1. The molecular weight excluding hydrogens is 310 g/mol. The molecule has 1 aliphatic carbocycles. The van der Waals surface area contributed by atoms with Gasteiger partial charge in [0.05, 0.1) is 5.69 Å².